The lowest BCUT2D eigenvalue weighted by Crippen LogP contribution is -2.12. The molecule has 0 atom stereocenters. The number of aromatic nitrogens is 1. The van der Waals surface area contributed by atoms with Crippen LogP contribution in [0.1, 0.15) is 16.1 Å². The summed E-state index contributed by atoms with van der Waals surface area (Å²) < 4.78 is 10.7. The lowest BCUT2D eigenvalue weighted by molar-refractivity contribution is 0.0834. The monoisotopic (exact) mass is 233 g/mol. The molecule has 0 spiro atoms. The molecule has 0 amide bonds. The van der Waals surface area contributed by atoms with Gasteiger partial charge in [0.15, 0.2) is 0 Å². The number of hydrogen-bond donors (Lipinski definition) is 0. The van der Waals surface area contributed by atoms with Gasteiger partial charge in [-0.05, 0) is 31.2 Å². The van der Waals surface area contributed by atoms with E-state index in [4.69, 9.17) is 9.26 Å². The van der Waals surface area contributed by atoms with E-state index in [1.165, 1.54) is 6.07 Å². The zero-order valence-electron chi connectivity index (χ0n) is 9.47. The van der Waals surface area contributed by atoms with Gasteiger partial charge in [-0.3, -0.25) is 4.79 Å². The van der Waals surface area contributed by atoms with Crippen LogP contribution in [0.3, 0.4) is 0 Å². The molecule has 0 aliphatic carbocycles. The summed E-state index contributed by atoms with van der Waals surface area (Å²) in [5, 5.41) is 0. The molecule has 0 saturated carbocycles. The molecule has 0 saturated heterocycles. The molecule has 88 valence electrons. The van der Waals surface area contributed by atoms with E-state index in [1.54, 1.807) is 38.3 Å². The van der Waals surface area contributed by atoms with Crippen LogP contribution in [0.15, 0.2) is 39.6 Å². The minimum absolute atomic E-state index is 0.382. The Kier molecular flexibility index (Phi) is 2.82. The van der Waals surface area contributed by atoms with E-state index in [9.17, 15) is 9.59 Å². The number of ether oxygens (including phenoxy) is 1. The van der Waals surface area contributed by atoms with Crippen LogP contribution in [-0.2, 0) is 0 Å². The number of carbonyl (C=O) groups excluding carboxylic acids is 1. The SMILES string of the molecule is COc1ccc(C(=O)n2oc(=O)cc2C)cc1. The van der Waals surface area contributed by atoms with Crippen molar-refractivity contribution in [3.63, 3.8) is 0 Å². The summed E-state index contributed by atoms with van der Waals surface area (Å²) in [6.45, 7) is 1.63. The molecule has 0 aliphatic heterocycles. The van der Waals surface area contributed by atoms with Crippen LogP contribution in [0.2, 0.25) is 0 Å². The first-order valence-corrected chi connectivity index (χ1v) is 5.00. The van der Waals surface area contributed by atoms with E-state index >= 15 is 0 Å². The Morgan fingerprint density at radius 1 is 1.29 bits per heavy atom. The second-order valence-electron chi connectivity index (χ2n) is 3.52. The summed E-state index contributed by atoms with van der Waals surface area (Å²) in [5.74, 6) is 0.277. The summed E-state index contributed by atoms with van der Waals surface area (Å²) in [7, 11) is 1.55. The van der Waals surface area contributed by atoms with Gasteiger partial charge < -0.3 is 9.26 Å². The summed E-state index contributed by atoms with van der Waals surface area (Å²) >= 11 is 0. The first-order chi connectivity index (χ1) is 8.11. The number of hydrogen-bond acceptors (Lipinski definition) is 4. The van der Waals surface area contributed by atoms with Gasteiger partial charge in [0.1, 0.15) is 5.75 Å². The zero-order valence-corrected chi connectivity index (χ0v) is 9.47. The fourth-order valence-corrected chi connectivity index (χ4v) is 1.47. The second kappa shape index (κ2) is 4.29. The van der Waals surface area contributed by atoms with Crippen molar-refractivity contribution in [1.82, 2.24) is 4.74 Å². The van der Waals surface area contributed by atoms with Gasteiger partial charge in [0, 0.05) is 11.6 Å². The Balaban J connectivity index is 2.36. The van der Waals surface area contributed by atoms with Crippen LogP contribution in [0.25, 0.3) is 0 Å². The van der Waals surface area contributed by atoms with Gasteiger partial charge in [-0.2, -0.15) is 0 Å². The van der Waals surface area contributed by atoms with Crippen molar-refractivity contribution in [3.05, 3.63) is 52.0 Å². The maximum atomic E-state index is 12.0. The molecule has 1 aromatic carbocycles. The first-order valence-electron chi connectivity index (χ1n) is 5.00. The summed E-state index contributed by atoms with van der Waals surface area (Å²) in [6.07, 6.45) is 0. The average Bonchev–Trinajstić information content (AvgIpc) is 2.68. The van der Waals surface area contributed by atoms with Crippen molar-refractivity contribution in [2.24, 2.45) is 0 Å². The van der Waals surface area contributed by atoms with Crippen molar-refractivity contribution in [2.75, 3.05) is 7.11 Å². The van der Waals surface area contributed by atoms with Crippen LogP contribution in [-0.4, -0.2) is 17.8 Å². The van der Waals surface area contributed by atoms with Crippen LogP contribution in [0.5, 0.6) is 5.75 Å². The molecule has 0 unspecified atom stereocenters. The van der Waals surface area contributed by atoms with E-state index in [0.29, 0.717) is 17.0 Å². The van der Waals surface area contributed by atoms with Crippen LogP contribution >= 0.6 is 0 Å². The minimum Gasteiger partial charge on any atom is -0.497 e. The number of benzene rings is 1. The Bertz CT molecular complexity index is 592. The highest BCUT2D eigenvalue weighted by Crippen LogP contribution is 2.12. The summed E-state index contributed by atoms with van der Waals surface area (Å²) in [5.41, 5.74) is 0.355. The molecular formula is C12H11NO4. The number of nitrogens with zero attached hydrogens (tertiary/aromatic N) is 1. The van der Waals surface area contributed by atoms with Gasteiger partial charge in [0.05, 0.1) is 12.8 Å². The van der Waals surface area contributed by atoms with Crippen molar-refractivity contribution in [2.45, 2.75) is 6.92 Å². The quantitative estimate of drug-likeness (QED) is 0.787. The molecule has 0 N–H and O–H groups in total. The van der Waals surface area contributed by atoms with Gasteiger partial charge in [-0.15, -0.1) is 4.74 Å². The smallest absolute Gasteiger partial charge is 0.358 e. The van der Waals surface area contributed by atoms with E-state index in [1.807, 2.05) is 0 Å². The van der Waals surface area contributed by atoms with E-state index in [0.717, 1.165) is 4.74 Å². The molecule has 5 nitrogen and oxygen atoms in total. The standard InChI is InChI=1S/C12H11NO4/c1-8-7-11(14)17-13(8)12(15)9-3-5-10(16-2)6-4-9/h3-7H,1-2H3. The van der Waals surface area contributed by atoms with E-state index in [2.05, 4.69) is 0 Å². The highest BCUT2D eigenvalue weighted by molar-refractivity contribution is 5.95. The largest absolute Gasteiger partial charge is 0.497 e. The Morgan fingerprint density at radius 3 is 2.41 bits per heavy atom. The van der Waals surface area contributed by atoms with Gasteiger partial charge >= 0.3 is 5.63 Å². The Hall–Kier alpha value is -2.30. The average molecular weight is 233 g/mol. The summed E-state index contributed by atoms with van der Waals surface area (Å²) in [4.78, 5) is 23.0. The number of methoxy groups -OCH3 is 1. The normalized spacial score (nSPS) is 10.2. The van der Waals surface area contributed by atoms with Gasteiger partial charge in [0.2, 0.25) is 0 Å². The fourth-order valence-electron chi connectivity index (χ4n) is 1.47. The molecule has 1 heterocycles. The molecule has 0 aliphatic rings. The lowest BCUT2D eigenvalue weighted by atomic mass is 10.2. The van der Waals surface area contributed by atoms with Crippen LogP contribution < -0.4 is 10.4 Å². The molecular weight excluding hydrogens is 222 g/mol. The summed E-state index contributed by atoms with van der Waals surface area (Å²) in [6, 6.07) is 7.83. The van der Waals surface area contributed by atoms with E-state index in [-0.39, 0.29) is 5.91 Å². The van der Waals surface area contributed by atoms with Gasteiger partial charge in [0.25, 0.3) is 5.91 Å². The maximum absolute atomic E-state index is 12.0. The third kappa shape index (κ3) is 2.13. The van der Waals surface area contributed by atoms with Gasteiger partial charge in [-0.25, -0.2) is 4.79 Å². The highest BCUT2D eigenvalue weighted by atomic mass is 16.5. The van der Waals surface area contributed by atoms with Crippen LogP contribution in [0.4, 0.5) is 0 Å². The van der Waals surface area contributed by atoms with Crippen molar-refractivity contribution >= 4 is 5.91 Å². The van der Waals surface area contributed by atoms with Crippen molar-refractivity contribution in [1.29, 1.82) is 0 Å². The molecule has 2 aromatic rings. The topological polar surface area (TPSA) is 61.4 Å². The van der Waals surface area contributed by atoms with Crippen molar-refractivity contribution in [3.8, 4) is 5.75 Å². The number of aryl methyl sites for hydroxylation is 1. The minimum atomic E-state index is -0.538. The number of carbonyl (C=O) groups is 1. The van der Waals surface area contributed by atoms with Crippen molar-refractivity contribution < 1.29 is 14.1 Å². The highest BCUT2D eigenvalue weighted by Gasteiger charge is 2.13. The predicted molar refractivity (Wildman–Crippen MR) is 60.4 cm³/mol. The molecule has 1 aromatic heterocycles. The molecule has 2 rings (SSSR count). The fraction of sp³-hybridized carbons (Fsp3) is 0.167. The molecule has 0 bridgehead atoms. The molecule has 5 heteroatoms. The third-order valence-corrected chi connectivity index (χ3v) is 2.35. The maximum Gasteiger partial charge on any atom is 0.358 e. The molecule has 0 fully saturated rings. The molecule has 0 radical (unpaired) electrons. The predicted octanol–water partition coefficient (Wildman–Crippen LogP) is 1.45. The van der Waals surface area contributed by atoms with Gasteiger partial charge in [-0.1, -0.05) is 0 Å². The lowest BCUT2D eigenvalue weighted by Gasteiger charge is -2.03. The Morgan fingerprint density at radius 2 is 1.94 bits per heavy atom. The van der Waals surface area contributed by atoms with E-state index < -0.39 is 5.63 Å². The second-order valence-corrected chi connectivity index (χ2v) is 3.52. The number of rotatable bonds is 2. The first kappa shape index (κ1) is 11.2. The zero-order chi connectivity index (χ0) is 12.4. The third-order valence-electron chi connectivity index (χ3n) is 2.35. The Labute approximate surface area is 97.2 Å². The molecule has 17 heavy (non-hydrogen) atoms. The van der Waals surface area contributed by atoms with Crippen LogP contribution in [0, 0.1) is 6.92 Å².